The van der Waals surface area contributed by atoms with Crippen molar-refractivity contribution in [3.63, 3.8) is 0 Å². The Kier molecular flexibility index (Phi) is 6.20. The maximum Gasteiger partial charge on any atom is 0.0465 e. The van der Waals surface area contributed by atoms with Crippen molar-refractivity contribution in [3.8, 4) is 0 Å². The molecule has 14 heavy (non-hydrogen) atoms. The summed E-state index contributed by atoms with van der Waals surface area (Å²) >= 11 is 0. The molecule has 84 valence electrons. The van der Waals surface area contributed by atoms with Crippen LogP contribution in [0.5, 0.6) is 0 Å². The first-order valence-electron chi connectivity index (χ1n) is 6.19. The Morgan fingerprint density at radius 1 is 1.29 bits per heavy atom. The fourth-order valence-electron chi connectivity index (χ4n) is 1.98. The van der Waals surface area contributed by atoms with Gasteiger partial charge in [-0.15, -0.1) is 0 Å². The predicted octanol–water partition coefficient (Wildman–Crippen LogP) is 2.58. The van der Waals surface area contributed by atoms with E-state index in [9.17, 15) is 0 Å². The van der Waals surface area contributed by atoms with Gasteiger partial charge in [-0.05, 0) is 51.5 Å². The van der Waals surface area contributed by atoms with Crippen LogP contribution in [-0.2, 0) is 4.74 Å². The molecule has 1 N–H and O–H groups in total. The first-order chi connectivity index (χ1) is 6.88. The van der Waals surface area contributed by atoms with Crippen molar-refractivity contribution in [1.82, 2.24) is 5.32 Å². The lowest BCUT2D eigenvalue weighted by molar-refractivity contribution is 0.142. The molecule has 0 aromatic carbocycles. The van der Waals surface area contributed by atoms with E-state index in [1.54, 1.807) is 0 Å². The van der Waals surface area contributed by atoms with E-state index in [-0.39, 0.29) is 0 Å². The molecule has 1 unspecified atom stereocenters. The van der Waals surface area contributed by atoms with Gasteiger partial charge in [-0.2, -0.15) is 0 Å². The second-order valence-electron chi connectivity index (χ2n) is 4.19. The summed E-state index contributed by atoms with van der Waals surface area (Å²) in [4.78, 5) is 0. The second kappa shape index (κ2) is 7.24. The van der Waals surface area contributed by atoms with Crippen LogP contribution in [0.3, 0.4) is 0 Å². The Morgan fingerprint density at radius 2 is 2.07 bits per heavy atom. The molecule has 0 radical (unpaired) electrons. The number of ether oxygens (including phenoxy) is 1. The van der Waals surface area contributed by atoms with Gasteiger partial charge >= 0.3 is 0 Å². The van der Waals surface area contributed by atoms with Crippen LogP contribution in [0, 0.1) is 5.92 Å². The number of rotatable bonds is 9. The van der Waals surface area contributed by atoms with Crippen LogP contribution in [0.15, 0.2) is 0 Å². The van der Waals surface area contributed by atoms with Crippen molar-refractivity contribution in [3.05, 3.63) is 0 Å². The minimum atomic E-state index is 0.793. The van der Waals surface area contributed by atoms with Crippen molar-refractivity contribution in [2.45, 2.75) is 52.0 Å². The highest BCUT2D eigenvalue weighted by molar-refractivity contribution is 4.85. The van der Waals surface area contributed by atoms with Crippen LogP contribution in [0.2, 0.25) is 0 Å². The number of hydrogen-bond acceptors (Lipinski definition) is 2. The fourth-order valence-corrected chi connectivity index (χ4v) is 1.98. The third-order valence-electron chi connectivity index (χ3n) is 2.92. The molecule has 1 fully saturated rings. The highest BCUT2D eigenvalue weighted by Crippen LogP contribution is 2.34. The molecular formula is C12H25NO. The van der Waals surface area contributed by atoms with Gasteiger partial charge < -0.3 is 10.1 Å². The van der Waals surface area contributed by atoms with Gasteiger partial charge in [0.15, 0.2) is 0 Å². The van der Waals surface area contributed by atoms with Gasteiger partial charge in [0.1, 0.15) is 0 Å². The minimum absolute atomic E-state index is 0.793. The molecule has 0 heterocycles. The van der Waals surface area contributed by atoms with Crippen LogP contribution in [0.1, 0.15) is 46.0 Å². The zero-order chi connectivity index (χ0) is 10.2. The van der Waals surface area contributed by atoms with E-state index in [1.165, 1.54) is 32.1 Å². The molecule has 0 amide bonds. The average molecular weight is 199 g/mol. The third-order valence-corrected chi connectivity index (χ3v) is 2.92. The summed E-state index contributed by atoms with van der Waals surface area (Å²) in [6, 6.07) is 0.793. The van der Waals surface area contributed by atoms with Crippen LogP contribution >= 0.6 is 0 Å². The molecule has 1 aliphatic carbocycles. The van der Waals surface area contributed by atoms with E-state index >= 15 is 0 Å². The van der Waals surface area contributed by atoms with Gasteiger partial charge in [-0.1, -0.05) is 6.92 Å². The highest BCUT2D eigenvalue weighted by atomic mass is 16.5. The molecule has 0 saturated heterocycles. The Hall–Kier alpha value is -0.0800. The molecular weight excluding hydrogens is 174 g/mol. The lowest BCUT2D eigenvalue weighted by Gasteiger charge is -2.16. The fraction of sp³-hybridized carbons (Fsp3) is 1.00. The van der Waals surface area contributed by atoms with Crippen LogP contribution in [0.25, 0.3) is 0 Å². The molecule has 2 nitrogen and oxygen atoms in total. The number of unbranched alkanes of at least 4 members (excludes halogenated alkanes) is 1. The lowest BCUT2D eigenvalue weighted by atomic mass is 10.1. The van der Waals surface area contributed by atoms with E-state index in [4.69, 9.17) is 4.74 Å². The van der Waals surface area contributed by atoms with E-state index in [0.29, 0.717) is 0 Å². The molecule has 0 aromatic rings. The van der Waals surface area contributed by atoms with E-state index in [2.05, 4.69) is 19.2 Å². The molecule has 0 spiro atoms. The van der Waals surface area contributed by atoms with Crippen molar-refractivity contribution < 1.29 is 4.74 Å². The Bertz CT molecular complexity index is 134. The van der Waals surface area contributed by atoms with E-state index in [0.717, 1.165) is 31.7 Å². The summed E-state index contributed by atoms with van der Waals surface area (Å²) in [5.74, 6) is 0.988. The van der Waals surface area contributed by atoms with Crippen molar-refractivity contribution >= 4 is 0 Å². The largest absolute Gasteiger partial charge is 0.382 e. The molecule has 0 aromatic heterocycles. The van der Waals surface area contributed by atoms with Crippen LogP contribution in [-0.4, -0.2) is 25.8 Å². The SMILES string of the molecule is CCNC(CCCCOCC)C1CC1. The summed E-state index contributed by atoms with van der Waals surface area (Å²) in [7, 11) is 0. The molecule has 1 saturated carbocycles. The minimum Gasteiger partial charge on any atom is -0.382 e. The molecule has 2 heteroatoms. The Morgan fingerprint density at radius 3 is 2.64 bits per heavy atom. The predicted molar refractivity (Wildman–Crippen MR) is 60.5 cm³/mol. The van der Waals surface area contributed by atoms with Gasteiger partial charge in [-0.3, -0.25) is 0 Å². The molecule has 0 bridgehead atoms. The third kappa shape index (κ3) is 4.97. The molecule has 1 rings (SSSR count). The Labute approximate surface area is 88.4 Å². The number of nitrogens with one attached hydrogen (secondary N) is 1. The van der Waals surface area contributed by atoms with E-state index in [1.807, 2.05) is 0 Å². The van der Waals surface area contributed by atoms with Crippen LogP contribution in [0.4, 0.5) is 0 Å². The van der Waals surface area contributed by atoms with Crippen molar-refractivity contribution in [2.75, 3.05) is 19.8 Å². The van der Waals surface area contributed by atoms with Crippen molar-refractivity contribution in [1.29, 1.82) is 0 Å². The average Bonchev–Trinajstić information content (AvgIpc) is 2.99. The summed E-state index contributed by atoms with van der Waals surface area (Å²) in [5.41, 5.74) is 0. The second-order valence-corrected chi connectivity index (χ2v) is 4.19. The van der Waals surface area contributed by atoms with Gasteiger partial charge in [0.05, 0.1) is 0 Å². The first-order valence-corrected chi connectivity index (χ1v) is 6.19. The van der Waals surface area contributed by atoms with Gasteiger partial charge in [0.25, 0.3) is 0 Å². The van der Waals surface area contributed by atoms with Gasteiger partial charge in [-0.25, -0.2) is 0 Å². The molecule has 0 aliphatic heterocycles. The van der Waals surface area contributed by atoms with Gasteiger partial charge in [0.2, 0.25) is 0 Å². The molecule has 1 aliphatic rings. The maximum atomic E-state index is 5.33. The smallest absolute Gasteiger partial charge is 0.0465 e. The maximum absolute atomic E-state index is 5.33. The van der Waals surface area contributed by atoms with Crippen molar-refractivity contribution in [2.24, 2.45) is 5.92 Å². The zero-order valence-electron chi connectivity index (χ0n) is 9.72. The lowest BCUT2D eigenvalue weighted by Crippen LogP contribution is -2.30. The summed E-state index contributed by atoms with van der Waals surface area (Å²) in [6.45, 7) is 7.19. The first kappa shape index (κ1) is 12.0. The standard InChI is InChI=1S/C12H25NO/c1-3-13-12(11-8-9-11)7-5-6-10-14-4-2/h11-13H,3-10H2,1-2H3. The highest BCUT2D eigenvalue weighted by Gasteiger charge is 2.29. The zero-order valence-corrected chi connectivity index (χ0v) is 9.72. The summed E-state index contributed by atoms with van der Waals surface area (Å²) in [6.07, 6.45) is 6.77. The normalized spacial score (nSPS) is 18.4. The van der Waals surface area contributed by atoms with Gasteiger partial charge in [0, 0.05) is 19.3 Å². The Balaban J connectivity index is 1.96. The summed E-state index contributed by atoms with van der Waals surface area (Å²) < 4.78 is 5.33. The van der Waals surface area contributed by atoms with Crippen LogP contribution < -0.4 is 5.32 Å². The monoisotopic (exact) mass is 199 g/mol. The topological polar surface area (TPSA) is 21.3 Å². The summed E-state index contributed by atoms with van der Waals surface area (Å²) in [5, 5.41) is 3.59. The molecule has 1 atom stereocenters. The van der Waals surface area contributed by atoms with E-state index < -0.39 is 0 Å². The quantitative estimate of drug-likeness (QED) is 0.576. The number of hydrogen-bond donors (Lipinski definition) is 1.